The minimum Gasteiger partial charge on any atom is -0.481 e. The van der Waals surface area contributed by atoms with E-state index in [0.717, 1.165) is 27.8 Å². The largest absolute Gasteiger partial charge is 0.481 e. The predicted octanol–water partition coefficient (Wildman–Crippen LogP) is 2.65. The van der Waals surface area contributed by atoms with E-state index < -0.39 is 11.9 Å². The van der Waals surface area contributed by atoms with Crippen LogP contribution in [0.15, 0.2) is 6.07 Å². The van der Waals surface area contributed by atoms with Gasteiger partial charge in [0.25, 0.3) is 0 Å². The highest BCUT2D eigenvalue weighted by atomic mass is 16.4. The summed E-state index contributed by atoms with van der Waals surface area (Å²) in [4.78, 5) is 13.5. The van der Waals surface area contributed by atoms with E-state index in [4.69, 9.17) is 0 Å². The smallest absolute Gasteiger partial charge is 0.312 e. The molecule has 100 valence electrons. The summed E-state index contributed by atoms with van der Waals surface area (Å²) in [5.74, 6) is -1.21. The van der Waals surface area contributed by atoms with Crippen molar-refractivity contribution in [1.29, 1.82) is 0 Å². The zero-order chi connectivity index (χ0) is 14.0. The molecule has 0 aliphatic carbocycles. The molecule has 0 heterocycles. The molecule has 18 heavy (non-hydrogen) atoms. The fraction of sp³-hybridized carbons (Fsp3) is 0.533. The lowest BCUT2D eigenvalue weighted by Gasteiger charge is -2.23. The van der Waals surface area contributed by atoms with E-state index in [-0.39, 0.29) is 0 Å². The van der Waals surface area contributed by atoms with Gasteiger partial charge >= 0.3 is 5.97 Å². The van der Waals surface area contributed by atoms with Crippen LogP contribution < -0.4 is 0 Å². The number of hydrogen-bond donors (Lipinski definition) is 1. The standard InChI is InChI=1S/C15H23NO2/c1-9-7-10(2)12(4)14(11(9)3)13(15(17)18)8-16(5)6/h7,13H,8H2,1-6H3,(H,17,18). The molecule has 1 rings (SSSR count). The van der Waals surface area contributed by atoms with Crippen molar-refractivity contribution in [3.8, 4) is 0 Å². The Kier molecular flexibility index (Phi) is 4.52. The van der Waals surface area contributed by atoms with Crippen molar-refractivity contribution >= 4 is 5.97 Å². The first-order valence-electron chi connectivity index (χ1n) is 6.20. The summed E-state index contributed by atoms with van der Waals surface area (Å²) in [7, 11) is 3.81. The van der Waals surface area contributed by atoms with Crippen LogP contribution in [0.3, 0.4) is 0 Å². The molecule has 1 unspecified atom stereocenters. The third-order valence-electron chi connectivity index (χ3n) is 3.62. The molecule has 1 aromatic carbocycles. The highest BCUT2D eigenvalue weighted by molar-refractivity contribution is 5.78. The Morgan fingerprint density at radius 2 is 1.61 bits per heavy atom. The molecule has 0 saturated carbocycles. The van der Waals surface area contributed by atoms with E-state index in [1.54, 1.807) is 0 Å². The fourth-order valence-electron chi connectivity index (χ4n) is 2.43. The molecule has 3 nitrogen and oxygen atoms in total. The minimum absolute atomic E-state index is 0.460. The molecule has 1 atom stereocenters. The lowest BCUT2D eigenvalue weighted by Crippen LogP contribution is -2.27. The zero-order valence-corrected chi connectivity index (χ0v) is 12.2. The van der Waals surface area contributed by atoms with Crippen molar-refractivity contribution in [2.45, 2.75) is 33.6 Å². The number of nitrogens with zero attached hydrogens (tertiary/aromatic N) is 1. The summed E-state index contributed by atoms with van der Waals surface area (Å²) >= 11 is 0. The van der Waals surface area contributed by atoms with Crippen LogP contribution in [0.4, 0.5) is 0 Å². The molecule has 0 spiro atoms. The quantitative estimate of drug-likeness (QED) is 0.892. The molecular formula is C15H23NO2. The maximum Gasteiger partial charge on any atom is 0.312 e. The zero-order valence-electron chi connectivity index (χ0n) is 12.2. The van der Waals surface area contributed by atoms with Crippen molar-refractivity contribution in [3.05, 3.63) is 33.9 Å². The van der Waals surface area contributed by atoms with E-state index in [2.05, 4.69) is 6.07 Å². The number of likely N-dealkylation sites (N-methyl/N-ethyl adjacent to an activating group) is 1. The highest BCUT2D eigenvalue weighted by Crippen LogP contribution is 2.29. The molecule has 0 aromatic heterocycles. The molecule has 0 bridgehead atoms. The Morgan fingerprint density at radius 3 is 1.94 bits per heavy atom. The number of aliphatic carboxylic acids is 1. The van der Waals surface area contributed by atoms with Crippen LogP contribution in [0.5, 0.6) is 0 Å². The van der Waals surface area contributed by atoms with Gasteiger partial charge in [-0.25, -0.2) is 0 Å². The predicted molar refractivity (Wildman–Crippen MR) is 74.3 cm³/mol. The van der Waals surface area contributed by atoms with E-state index in [0.29, 0.717) is 6.54 Å². The topological polar surface area (TPSA) is 40.5 Å². The SMILES string of the molecule is Cc1cc(C)c(C)c(C(CN(C)C)C(=O)O)c1C. The number of carbonyl (C=O) groups is 1. The second-order valence-electron chi connectivity index (χ2n) is 5.33. The van der Waals surface area contributed by atoms with Gasteiger partial charge in [-0.15, -0.1) is 0 Å². The van der Waals surface area contributed by atoms with Gasteiger partial charge in [0, 0.05) is 6.54 Å². The number of rotatable bonds is 4. The molecule has 0 saturated heterocycles. The van der Waals surface area contributed by atoms with Gasteiger partial charge in [-0.3, -0.25) is 4.79 Å². The highest BCUT2D eigenvalue weighted by Gasteiger charge is 2.25. The Hall–Kier alpha value is -1.35. The maximum absolute atomic E-state index is 11.5. The van der Waals surface area contributed by atoms with Crippen LogP contribution in [0.2, 0.25) is 0 Å². The van der Waals surface area contributed by atoms with Gasteiger partial charge in [-0.1, -0.05) is 6.07 Å². The second-order valence-corrected chi connectivity index (χ2v) is 5.33. The van der Waals surface area contributed by atoms with Crippen LogP contribution in [-0.2, 0) is 4.79 Å². The van der Waals surface area contributed by atoms with Crippen molar-refractivity contribution in [2.75, 3.05) is 20.6 Å². The fourth-order valence-corrected chi connectivity index (χ4v) is 2.43. The summed E-state index contributed by atoms with van der Waals surface area (Å²) < 4.78 is 0. The van der Waals surface area contributed by atoms with Gasteiger partial charge in [0.05, 0.1) is 5.92 Å². The normalized spacial score (nSPS) is 12.8. The van der Waals surface area contributed by atoms with Crippen LogP contribution in [0.25, 0.3) is 0 Å². The monoisotopic (exact) mass is 249 g/mol. The first-order valence-corrected chi connectivity index (χ1v) is 6.20. The number of carboxylic acid groups (broad SMARTS) is 1. The summed E-state index contributed by atoms with van der Waals surface area (Å²) in [5.41, 5.74) is 5.52. The summed E-state index contributed by atoms with van der Waals surface area (Å²) in [6.07, 6.45) is 0. The minimum atomic E-state index is -0.750. The van der Waals surface area contributed by atoms with Gasteiger partial charge < -0.3 is 10.0 Å². The number of aryl methyl sites for hydroxylation is 2. The van der Waals surface area contributed by atoms with Crippen molar-refractivity contribution in [1.82, 2.24) is 4.90 Å². The van der Waals surface area contributed by atoms with Crippen molar-refractivity contribution in [3.63, 3.8) is 0 Å². The summed E-state index contributed by atoms with van der Waals surface area (Å²) in [6, 6.07) is 2.13. The Bertz CT molecular complexity index is 438. The second kappa shape index (κ2) is 5.53. The Labute approximate surface area is 109 Å². The van der Waals surface area contributed by atoms with Gasteiger partial charge in [0.15, 0.2) is 0 Å². The first-order chi connectivity index (χ1) is 8.25. The van der Waals surface area contributed by atoms with Crippen LogP contribution >= 0.6 is 0 Å². The van der Waals surface area contributed by atoms with Crippen molar-refractivity contribution < 1.29 is 9.90 Å². The average Bonchev–Trinajstić information content (AvgIpc) is 2.24. The van der Waals surface area contributed by atoms with E-state index in [1.807, 2.05) is 46.7 Å². The van der Waals surface area contributed by atoms with Crippen LogP contribution in [-0.4, -0.2) is 36.6 Å². The third-order valence-corrected chi connectivity index (χ3v) is 3.62. The molecule has 0 aliphatic rings. The van der Waals surface area contributed by atoms with Crippen LogP contribution in [0, 0.1) is 27.7 Å². The third kappa shape index (κ3) is 2.91. The molecule has 1 aromatic rings. The first kappa shape index (κ1) is 14.7. The van der Waals surface area contributed by atoms with Gasteiger partial charge in [0.2, 0.25) is 0 Å². The van der Waals surface area contributed by atoms with E-state index in [9.17, 15) is 9.90 Å². The molecule has 0 fully saturated rings. The Balaban J connectivity index is 3.40. The number of benzene rings is 1. The molecule has 0 radical (unpaired) electrons. The van der Waals surface area contributed by atoms with Gasteiger partial charge in [-0.05, 0) is 69.6 Å². The molecule has 3 heteroatoms. The molecule has 0 amide bonds. The number of carboxylic acids is 1. The van der Waals surface area contributed by atoms with Crippen LogP contribution in [0.1, 0.15) is 33.7 Å². The van der Waals surface area contributed by atoms with Gasteiger partial charge in [0.1, 0.15) is 0 Å². The summed E-state index contributed by atoms with van der Waals surface area (Å²) in [6.45, 7) is 8.64. The molecule has 0 aliphatic heterocycles. The summed E-state index contributed by atoms with van der Waals surface area (Å²) in [5, 5.41) is 9.48. The molecule has 1 N–H and O–H groups in total. The Morgan fingerprint density at radius 1 is 1.17 bits per heavy atom. The van der Waals surface area contributed by atoms with Gasteiger partial charge in [-0.2, -0.15) is 0 Å². The number of hydrogen-bond acceptors (Lipinski definition) is 2. The lowest BCUT2D eigenvalue weighted by molar-refractivity contribution is -0.139. The molecular weight excluding hydrogens is 226 g/mol. The average molecular weight is 249 g/mol. The maximum atomic E-state index is 11.5. The van der Waals surface area contributed by atoms with E-state index >= 15 is 0 Å². The van der Waals surface area contributed by atoms with Crippen molar-refractivity contribution in [2.24, 2.45) is 0 Å². The lowest BCUT2D eigenvalue weighted by atomic mass is 9.86. The van der Waals surface area contributed by atoms with E-state index in [1.165, 1.54) is 0 Å².